The Bertz CT molecular complexity index is 1210. The third-order valence-electron chi connectivity index (χ3n) is 5.86. The summed E-state index contributed by atoms with van der Waals surface area (Å²) in [6.07, 6.45) is 3.91. The van der Waals surface area contributed by atoms with E-state index in [1.807, 2.05) is 76.3 Å². The zero-order valence-corrected chi connectivity index (χ0v) is 19.0. The van der Waals surface area contributed by atoms with Gasteiger partial charge in [-0.2, -0.15) is 0 Å². The van der Waals surface area contributed by atoms with Gasteiger partial charge in [-0.25, -0.2) is 4.98 Å². The zero-order chi connectivity index (χ0) is 22.6. The normalized spacial score (nSPS) is 14.5. The molecular weight excluding hydrogens is 436 g/mol. The van der Waals surface area contributed by atoms with E-state index in [0.717, 1.165) is 36.0 Å². The van der Waals surface area contributed by atoms with Crippen molar-refractivity contribution in [2.75, 3.05) is 26.2 Å². The number of piperazine rings is 1. The van der Waals surface area contributed by atoms with Crippen molar-refractivity contribution in [3.05, 3.63) is 101 Å². The van der Waals surface area contributed by atoms with Crippen LogP contribution in [0.1, 0.15) is 21.6 Å². The molecule has 168 valence electrons. The molecule has 7 heteroatoms. The van der Waals surface area contributed by atoms with Crippen LogP contribution >= 0.6 is 11.6 Å². The maximum Gasteiger partial charge on any atom is 0.254 e. The molecule has 1 fully saturated rings. The van der Waals surface area contributed by atoms with Crippen LogP contribution in [0.25, 0.3) is 5.65 Å². The summed E-state index contributed by atoms with van der Waals surface area (Å²) in [5.41, 5.74) is 3.60. The van der Waals surface area contributed by atoms with Crippen molar-refractivity contribution in [2.45, 2.75) is 13.2 Å². The van der Waals surface area contributed by atoms with Crippen molar-refractivity contribution in [1.29, 1.82) is 0 Å². The summed E-state index contributed by atoms with van der Waals surface area (Å²) >= 11 is 5.97. The lowest BCUT2D eigenvalue weighted by Gasteiger charge is -2.34. The minimum Gasteiger partial charge on any atom is -0.487 e. The lowest BCUT2D eigenvalue weighted by molar-refractivity contribution is 0.0628. The van der Waals surface area contributed by atoms with Gasteiger partial charge in [0.05, 0.1) is 5.69 Å². The lowest BCUT2D eigenvalue weighted by atomic mass is 10.1. The van der Waals surface area contributed by atoms with Gasteiger partial charge in [0.2, 0.25) is 0 Å². The van der Waals surface area contributed by atoms with Crippen LogP contribution < -0.4 is 4.74 Å². The number of fused-ring (bicyclic) bond motifs is 1. The van der Waals surface area contributed by atoms with Gasteiger partial charge in [0.25, 0.3) is 5.91 Å². The molecule has 5 rings (SSSR count). The molecule has 2 aromatic carbocycles. The van der Waals surface area contributed by atoms with Crippen LogP contribution in [0.5, 0.6) is 5.75 Å². The quantitative estimate of drug-likeness (QED) is 0.424. The first-order valence-electron chi connectivity index (χ1n) is 11.1. The molecular formula is C26H25ClN4O2. The van der Waals surface area contributed by atoms with E-state index in [1.165, 1.54) is 5.56 Å². The molecule has 0 aliphatic carbocycles. The number of rotatable bonds is 6. The van der Waals surface area contributed by atoms with Crippen LogP contribution in [0.2, 0.25) is 5.02 Å². The molecule has 33 heavy (non-hydrogen) atoms. The van der Waals surface area contributed by atoms with Crippen LogP contribution in [-0.2, 0) is 13.2 Å². The average molecular weight is 461 g/mol. The first kappa shape index (κ1) is 21.5. The molecule has 2 aromatic heterocycles. The molecule has 0 spiro atoms. The van der Waals surface area contributed by atoms with Crippen molar-refractivity contribution in [2.24, 2.45) is 0 Å². The van der Waals surface area contributed by atoms with E-state index in [9.17, 15) is 4.79 Å². The number of hydrogen-bond acceptors (Lipinski definition) is 4. The Labute approximate surface area is 198 Å². The van der Waals surface area contributed by atoms with Gasteiger partial charge in [0.1, 0.15) is 18.0 Å². The van der Waals surface area contributed by atoms with Crippen molar-refractivity contribution < 1.29 is 9.53 Å². The number of hydrogen-bond donors (Lipinski definition) is 0. The first-order chi connectivity index (χ1) is 16.1. The third-order valence-corrected chi connectivity index (χ3v) is 6.11. The minimum atomic E-state index is 0.0410. The molecule has 1 amide bonds. The zero-order valence-electron chi connectivity index (χ0n) is 18.2. The molecule has 0 unspecified atom stereocenters. The van der Waals surface area contributed by atoms with Gasteiger partial charge >= 0.3 is 0 Å². The summed E-state index contributed by atoms with van der Waals surface area (Å²) in [6.45, 7) is 4.32. The molecule has 3 heterocycles. The fourth-order valence-electron chi connectivity index (χ4n) is 4.07. The Hall–Kier alpha value is -3.35. The van der Waals surface area contributed by atoms with Gasteiger partial charge in [0.15, 0.2) is 0 Å². The lowest BCUT2D eigenvalue weighted by Crippen LogP contribution is -2.48. The van der Waals surface area contributed by atoms with E-state index in [1.54, 1.807) is 0 Å². The molecule has 0 radical (unpaired) electrons. The molecule has 1 saturated heterocycles. The number of aromatic nitrogens is 2. The van der Waals surface area contributed by atoms with Crippen molar-refractivity contribution in [1.82, 2.24) is 19.2 Å². The number of halogens is 1. The third kappa shape index (κ3) is 5.18. The van der Waals surface area contributed by atoms with Gasteiger partial charge in [-0.1, -0.05) is 35.9 Å². The Morgan fingerprint density at radius 1 is 0.970 bits per heavy atom. The SMILES string of the molecule is O=C(c1cccc(OCc2cn3ccccc3n2)c1)N1CCN(Cc2ccc(Cl)cc2)CC1. The van der Waals surface area contributed by atoms with E-state index in [4.69, 9.17) is 16.3 Å². The average Bonchev–Trinajstić information content (AvgIpc) is 3.28. The Morgan fingerprint density at radius 3 is 2.58 bits per heavy atom. The number of nitrogens with zero attached hydrogens (tertiary/aromatic N) is 4. The second kappa shape index (κ2) is 9.65. The summed E-state index contributed by atoms with van der Waals surface area (Å²) in [4.78, 5) is 21.9. The number of pyridine rings is 1. The second-order valence-corrected chi connectivity index (χ2v) is 8.65. The van der Waals surface area contributed by atoms with Gasteiger partial charge in [-0.3, -0.25) is 9.69 Å². The van der Waals surface area contributed by atoms with Crippen LogP contribution in [0.3, 0.4) is 0 Å². The van der Waals surface area contributed by atoms with Gasteiger partial charge in [0, 0.05) is 55.7 Å². The fraction of sp³-hybridized carbons (Fsp3) is 0.231. The molecule has 0 bridgehead atoms. The van der Waals surface area contributed by atoms with E-state index in [2.05, 4.69) is 22.0 Å². The first-order valence-corrected chi connectivity index (χ1v) is 11.4. The van der Waals surface area contributed by atoms with E-state index in [-0.39, 0.29) is 5.91 Å². The van der Waals surface area contributed by atoms with E-state index >= 15 is 0 Å². The van der Waals surface area contributed by atoms with E-state index in [0.29, 0.717) is 31.0 Å². The van der Waals surface area contributed by atoms with Crippen LogP contribution in [0.4, 0.5) is 0 Å². The Kier molecular flexibility index (Phi) is 6.28. The van der Waals surface area contributed by atoms with Crippen molar-refractivity contribution in [3.63, 3.8) is 0 Å². The molecule has 6 nitrogen and oxygen atoms in total. The van der Waals surface area contributed by atoms with Gasteiger partial charge in [-0.05, 0) is 48.0 Å². The highest BCUT2D eigenvalue weighted by atomic mass is 35.5. The standard InChI is InChI=1S/C26H25ClN4O2/c27-22-9-7-20(8-10-22)17-29-12-14-30(15-13-29)26(32)21-4-3-5-24(16-21)33-19-23-18-31-11-2-1-6-25(31)28-23/h1-11,16,18H,12-15,17,19H2. The number of ether oxygens (including phenoxy) is 1. The van der Waals surface area contributed by atoms with Crippen molar-refractivity contribution in [3.8, 4) is 5.75 Å². The number of amides is 1. The Balaban J connectivity index is 1.16. The smallest absolute Gasteiger partial charge is 0.254 e. The van der Waals surface area contributed by atoms with Crippen LogP contribution in [0.15, 0.2) is 79.1 Å². The van der Waals surface area contributed by atoms with Crippen LogP contribution in [0, 0.1) is 0 Å². The molecule has 0 atom stereocenters. The highest BCUT2D eigenvalue weighted by molar-refractivity contribution is 6.30. The molecule has 4 aromatic rings. The molecule has 0 N–H and O–H groups in total. The van der Waals surface area contributed by atoms with Crippen LogP contribution in [-0.4, -0.2) is 51.3 Å². The van der Waals surface area contributed by atoms with E-state index < -0.39 is 0 Å². The predicted molar refractivity (Wildman–Crippen MR) is 129 cm³/mol. The van der Waals surface area contributed by atoms with Crippen molar-refractivity contribution >= 4 is 23.2 Å². The maximum absolute atomic E-state index is 13.1. The summed E-state index contributed by atoms with van der Waals surface area (Å²) in [5, 5.41) is 0.749. The number of carbonyl (C=O) groups excluding carboxylic acids is 1. The largest absolute Gasteiger partial charge is 0.487 e. The summed E-state index contributed by atoms with van der Waals surface area (Å²) in [7, 11) is 0. The number of benzene rings is 2. The monoisotopic (exact) mass is 460 g/mol. The summed E-state index contributed by atoms with van der Waals surface area (Å²) in [5.74, 6) is 0.707. The summed E-state index contributed by atoms with van der Waals surface area (Å²) in [6, 6.07) is 21.2. The highest BCUT2D eigenvalue weighted by Gasteiger charge is 2.22. The molecule has 0 saturated carbocycles. The number of carbonyl (C=O) groups is 1. The maximum atomic E-state index is 13.1. The molecule has 1 aliphatic heterocycles. The number of imidazole rings is 1. The highest BCUT2D eigenvalue weighted by Crippen LogP contribution is 2.19. The fourth-order valence-corrected chi connectivity index (χ4v) is 4.20. The van der Waals surface area contributed by atoms with Gasteiger partial charge < -0.3 is 14.0 Å². The molecule has 1 aliphatic rings. The topological polar surface area (TPSA) is 50.1 Å². The summed E-state index contributed by atoms with van der Waals surface area (Å²) < 4.78 is 7.89. The van der Waals surface area contributed by atoms with Gasteiger partial charge in [-0.15, -0.1) is 0 Å². The predicted octanol–water partition coefficient (Wildman–Crippen LogP) is 4.52. The minimum absolute atomic E-state index is 0.0410. The second-order valence-electron chi connectivity index (χ2n) is 8.21. The Morgan fingerprint density at radius 2 is 1.79 bits per heavy atom.